The van der Waals surface area contributed by atoms with Crippen molar-refractivity contribution < 1.29 is 4.79 Å². The SMILES string of the molecule is Cc1ccc2cc(C(=O)c3cccc(C)c3Cl)ccc2n1. The van der Waals surface area contributed by atoms with Gasteiger partial charge in [0, 0.05) is 22.2 Å². The van der Waals surface area contributed by atoms with E-state index in [1.807, 2.05) is 50.2 Å². The number of halogens is 1. The summed E-state index contributed by atoms with van der Waals surface area (Å²) in [4.78, 5) is 17.1. The predicted molar refractivity (Wildman–Crippen MR) is 86.1 cm³/mol. The molecule has 2 nitrogen and oxygen atoms in total. The highest BCUT2D eigenvalue weighted by atomic mass is 35.5. The molecule has 0 saturated heterocycles. The third-order valence-corrected chi connectivity index (χ3v) is 4.03. The maximum atomic E-state index is 12.6. The monoisotopic (exact) mass is 295 g/mol. The Bertz CT molecular complexity index is 855. The largest absolute Gasteiger partial charge is 0.289 e. The van der Waals surface area contributed by atoms with Gasteiger partial charge in [0.05, 0.1) is 10.5 Å². The Morgan fingerprint density at radius 2 is 1.86 bits per heavy atom. The summed E-state index contributed by atoms with van der Waals surface area (Å²) in [5, 5.41) is 1.47. The van der Waals surface area contributed by atoms with E-state index in [-0.39, 0.29) is 5.78 Å². The van der Waals surface area contributed by atoms with Crippen LogP contribution in [-0.2, 0) is 0 Å². The van der Waals surface area contributed by atoms with Gasteiger partial charge >= 0.3 is 0 Å². The molecule has 0 spiro atoms. The number of aryl methyl sites for hydroxylation is 2. The van der Waals surface area contributed by atoms with E-state index in [1.165, 1.54) is 0 Å². The molecule has 0 fully saturated rings. The van der Waals surface area contributed by atoms with E-state index >= 15 is 0 Å². The number of aromatic nitrogens is 1. The number of hydrogen-bond donors (Lipinski definition) is 0. The number of nitrogens with zero attached hydrogens (tertiary/aromatic N) is 1. The van der Waals surface area contributed by atoms with Gasteiger partial charge < -0.3 is 0 Å². The van der Waals surface area contributed by atoms with Crippen LogP contribution in [0, 0.1) is 13.8 Å². The lowest BCUT2D eigenvalue weighted by Gasteiger charge is -2.07. The fraction of sp³-hybridized carbons (Fsp3) is 0.111. The zero-order valence-corrected chi connectivity index (χ0v) is 12.6. The molecule has 104 valence electrons. The van der Waals surface area contributed by atoms with Gasteiger partial charge in [-0.1, -0.05) is 29.8 Å². The normalized spacial score (nSPS) is 10.8. The van der Waals surface area contributed by atoms with Gasteiger partial charge in [0.25, 0.3) is 0 Å². The number of hydrogen-bond acceptors (Lipinski definition) is 2. The van der Waals surface area contributed by atoms with Crippen molar-refractivity contribution in [1.29, 1.82) is 0 Å². The highest BCUT2D eigenvalue weighted by Crippen LogP contribution is 2.24. The van der Waals surface area contributed by atoms with E-state index in [1.54, 1.807) is 12.1 Å². The lowest BCUT2D eigenvalue weighted by Crippen LogP contribution is -2.03. The van der Waals surface area contributed by atoms with Crippen molar-refractivity contribution in [3.8, 4) is 0 Å². The van der Waals surface area contributed by atoms with Crippen LogP contribution in [0.2, 0.25) is 5.02 Å². The summed E-state index contributed by atoms with van der Waals surface area (Å²) >= 11 is 6.24. The van der Waals surface area contributed by atoms with E-state index in [2.05, 4.69) is 4.98 Å². The minimum absolute atomic E-state index is 0.0637. The van der Waals surface area contributed by atoms with Crippen molar-refractivity contribution in [1.82, 2.24) is 4.98 Å². The van der Waals surface area contributed by atoms with Crippen LogP contribution < -0.4 is 0 Å². The van der Waals surface area contributed by atoms with Crippen LogP contribution in [0.15, 0.2) is 48.5 Å². The molecule has 0 N–H and O–H groups in total. The minimum atomic E-state index is -0.0637. The molecule has 1 aromatic heterocycles. The second kappa shape index (κ2) is 5.30. The minimum Gasteiger partial charge on any atom is -0.289 e. The van der Waals surface area contributed by atoms with Crippen molar-refractivity contribution in [2.24, 2.45) is 0 Å². The van der Waals surface area contributed by atoms with Crippen LogP contribution in [0.4, 0.5) is 0 Å². The Labute approximate surface area is 128 Å². The standard InChI is InChI=1S/C18H14ClNO/c1-11-4-3-5-15(17(11)19)18(21)14-8-9-16-13(10-14)7-6-12(2)20-16/h3-10H,1-2H3. The highest BCUT2D eigenvalue weighted by molar-refractivity contribution is 6.35. The maximum absolute atomic E-state index is 12.6. The summed E-state index contributed by atoms with van der Waals surface area (Å²) in [6.07, 6.45) is 0. The molecule has 0 radical (unpaired) electrons. The molecule has 3 rings (SSSR count). The predicted octanol–water partition coefficient (Wildman–Crippen LogP) is 4.74. The number of benzene rings is 2. The fourth-order valence-corrected chi connectivity index (χ4v) is 2.56. The third-order valence-electron chi connectivity index (χ3n) is 3.53. The van der Waals surface area contributed by atoms with Crippen LogP contribution in [0.1, 0.15) is 27.2 Å². The average Bonchev–Trinajstić information content (AvgIpc) is 2.49. The fourth-order valence-electron chi connectivity index (χ4n) is 2.35. The number of pyridine rings is 1. The molecule has 0 aliphatic carbocycles. The van der Waals surface area contributed by atoms with Crippen molar-refractivity contribution >= 4 is 28.3 Å². The smallest absolute Gasteiger partial charge is 0.194 e. The number of fused-ring (bicyclic) bond motifs is 1. The molecule has 0 saturated carbocycles. The molecule has 2 aromatic carbocycles. The quantitative estimate of drug-likeness (QED) is 0.639. The van der Waals surface area contributed by atoms with Crippen LogP contribution >= 0.6 is 11.6 Å². The number of carbonyl (C=O) groups is 1. The first-order chi connectivity index (χ1) is 10.1. The molecule has 1 heterocycles. The second-order valence-corrected chi connectivity index (χ2v) is 5.50. The summed E-state index contributed by atoms with van der Waals surface area (Å²) < 4.78 is 0. The van der Waals surface area contributed by atoms with Gasteiger partial charge in [-0.25, -0.2) is 0 Å². The highest BCUT2D eigenvalue weighted by Gasteiger charge is 2.14. The molecule has 0 aliphatic rings. The lowest BCUT2D eigenvalue weighted by atomic mass is 10.00. The van der Waals surface area contributed by atoms with Gasteiger partial charge in [-0.05, 0) is 49.7 Å². The number of rotatable bonds is 2. The van der Waals surface area contributed by atoms with Crippen LogP contribution in [0.3, 0.4) is 0 Å². The summed E-state index contributed by atoms with van der Waals surface area (Å²) in [6.45, 7) is 3.84. The topological polar surface area (TPSA) is 30.0 Å². The maximum Gasteiger partial charge on any atom is 0.194 e. The van der Waals surface area contributed by atoms with Crippen LogP contribution in [0.5, 0.6) is 0 Å². The summed E-state index contributed by atoms with van der Waals surface area (Å²) in [5.74, 6) is -0.0637. The molecule has 3 aromatic rings. The second-order valence-electron chi connectivity index (χ2n) is 5.13. The van der Waals surface area contributed by atoms with Crippen molar-refractivity contribution in [2.75, 3.05) is 0 Å². The van der Waals surface area contributed by atoms with Crippen molar-refractivity contribution in [3.05, 3.63) is 75.9 Å². The van der Waals surface area contributed by atoms with E-state index in [0.29, 0.717) is 16.1 Å². The molecule has 0 aliphatic heterocycles. The molecule has 0 bridgehead atoms. The van der Waals surface area contributed by atoms with Gasteiger partial charge in [-0.15, -0.1) is 0 Å². The molecule has 0 unspecified atom stereocenters. The Morgan fingerprint density at radius 3 is 2.67 bits per heavy atom. The van der Waals surface area contributed by atoms with Crippen molar-refractivity contribution in [2.45, 2.75) is 13.8 Å². The van der Waals surface area contributed by atoms with Gasteiger partial charge in [0.2, 0.25) is 0 Å². The van der Waals surface area contributed by atoms with Gasteiger partial charge in [0.1, 0.15) is 0 Å². The van der Waals surface area contributed by atoms with Crippen LogP contribution in [-0.4, -0.2) is 10.8 Å². The summed E-state index contributed by atoms with van der Waals surface area (Å²) in [5.41, 5.74) is 3.92. The Kier molecular flexibility index (Phi) is 3.48. The van der Waals surface area contributed by atoms with Gasteiger partial charge in [-0.3, -0.25) is 9.78 Å². The summed E-state index contributed by atoms with van der Waals surface area (Å²) in [7, 11) is 0. The van der Waals surface area contributed by atoms with E-state index in [0.717, 1.165) is 22.2 Å². The molecular weight excluding hydrogens is 282 g/mol. The molecule has 0 amide bonds. The number of carbonyl (C=O) groups excluding carboxylic acids is 1. The third kappa shape index (κ3) is 2.55. The average molecular weight is 296 g/mol. The first-order valence-corrected chi connectivity index (χ1v) is 7.11. The van der Waals surface area contributed by atoms with E-state index < -0.39 is 0 Å². The zero-order valence-electron chi connectivity index (χ0n) is 11.9. The van der Waals surface area contributed by atoms with Crippen LogP contribution in [0.25, 0.3) is 10.9 Å². The summed E-state index contributed by atoms with van der Waals surface area (Å²) in [6, 6.07) is 15.0. The number of ketones is 1. The van der Waals surface area contributed by atoms with E-state index in [4.69, 9.17) is 11.6 Å². The first-order valence-electron chi connectivity index (χ1n) is 6.73. The molecule has 3 heteroatoms. The molecular formula is C18H14ClNO. The van der Waals surface area contributed by atoms with Gasteiger partial charge in [-0.2, -0.15) is 0 Å². The Morgan fingerprint density at radius 1 is 1.05 bits per heavy atom. The lowest BCUT2D eigenvalue weighted by molar-refractivity contribution is 0.103. The first kappa shape index (κ1) is 13.8. The Hall–Kier alpha value is -2.19. The van der Waals surface area contributed by atoms with E-state index in [9.17, 15) is 4.79 Å². The zero-order chi connectivity index (χ0) is 15.0. The molecule has 0 atom stereocenters. The molecule has 21 heavy (non-hydrogen) atoms. The Balaban J connectivity index is 2.09. The van der Waals surface area contributed by atoms with Crippen molar-refractivity contribution in [3.63, 3.8) is 0 Å². The van der Waals surface area contributed by atoms with Gasteiger partial charge in [0.15, 0.2) is 5.78 Å².